The Bertz CT molecular complexity index is 411. The molecule has 1 aromatic carbocycles. The predicted octanol–water partition coefficient (Wildman–Crippen LogP) is 1.52. The number of benzene rings is 1. The topological polar surface area (TPSA) is 55.4 Å². The maximum Gasteiger partial charge on any atom is 0.240 e. The second kappa shape index (κ2) is 5.98. The van der Waals surface area contributed by atoms with Crippen molar-refractivity contribution in [3.63, 3.8) is 0 Å². The summed E-state index contributed by atoms with van der Waals surface area (Å²) in [5, 5.41) is 0. The van der Waals surface area contributed by atoms with Crippen LogP contribution in [0.3, 0.4) is 0 Å². The number of sulfonamides is 1. The van der Waals surface area contributed by atoms with Gasteiger partial charge < -0.3 is 4.74 Å². The molecule has 90 valence electrons. The van der Waals surface area contributed by atoms with E-state index in [1.165, 1.54) is 0 Å². The summed E-state index contributed by atoms with van der Waals surface area (Å²) in [5.74, 6) is 0. The first kappa shape index (κ1) is 13.2. The molecular weight excluding hydrogens is 226 g/mol. The van der Waals surface area contributed by atoms with Crippen molar-refractivity contribution in [1.82, 2.24) is 4.72 Å². The molecule has 0 unspecified atom stereocenters. The van der Waals surface area contributed by atoms with Gasteiger partial charge in [-0.05, 0) is 24.1 Å². The minimum absolute atomic E-state index is 0.292. The maximum atomic E-state index is 11.7. The first-order chi connectivity index (χ1) is 7.60. The van der Waals surface area contributed by atoms with Crippen molar-refractivity contribution in [2.24, 2.45) is 0 Å². The van der Waals surface area contributed by atoms with Crippen molar-refractivity contribution in [3.05, 3.63) is 29.8 Å². The van der Waals surface area contributed by atoms with Crippen LogP contribution in [0.5, 0.6) is 0 Å². The average molecular weight is 243 g/mol. The number of hydrogen-bond donors (Lipinski definition) is 1. The monoisotopic (exact) mass is 243 g/mol. The molecule has 0 aliphatic rings. The third kappa shape index (κ3) is 3.59. The van der Waals surface area contributed by atoms with E-state index in [0.717, 1.165) is 12.0 Å². The highest BCUT2D eigenvalue weighted by molar-refractivity contribution is 7.89. The van der Waals surface area contributed by atoms with Crippen molar-refractivity contribution in [2.75, 3.05) is 13.7 Å². The fourth-order valence-corrected chi connectivity index (χ4v) is 2.39. The molecule has 1 rings (SSSR count). The number of nitrogens with one attached hydrogen (secondary N) is 1. The maximum absolute atomic E-state index is 11.7. The zero-order valence-corrected chi connectivity index (χ0v) is 10.4. The molecule has 1 aromatic rings. The van der Waals surface area contributed by atoms with Crippen molar-refractivity contribution < 1.29 is 13.2 Å². The molecule has 0 aliphatic heterocycles. The molecular formula is C11H17NO3S. The van der Waals surface area contributed by atoms with Crippen LogP contribution in [0.2, 0.25) is 0 Å². The largest absolute Gasteiger partial charge is 0.380 e. The fraction of sp³-hybridized carbons (Fsp3) is 0.455. The SMILES string of the molecule is CCCNS(=O)(=O)c1ccc(COC)cc1. The first-order valence-corrected chi connectivity index (χ1v) is 6.66. The Morgan fingerprint density at radius 3 is 2.38 bits per heavy atom. The van der Waals surface area contributed by atoms with Crippen LogP contribution in [-0.4, -0.2) is 22.1 Å². The predicted molar refractivity (Wildman–Crippen MR) is 62.6 cm³/mol. The Balaban J connectivity index is 2.80. The second-order valence-corrected chi connectivity index (χ2v) is 5.24. The zero-order chi connectivity index (χ0) is 12.0. The summed E-state index contributed by atoms with van der Waals surface area (Å²) in [6.45, 7) is 2.87. The van der Waals surface area contributed by atoms with Gasteiger partial charge in [-0.15, -0.1) is 0 Å². The minimum atomic E-state index is -3.34. The molecule has 0 saturated heterocycles. The molecule has 0 atom stereocenters. The van der Waals surface area contributed by atoms with Crippen LogP contribution in [0.1, 0.15) is 18.9 Å². The van der Waals surface area contributed by atoms with Crippen LogP contribution in [-0.2, 0) is 21.4 Å². The first-order valence-electron chi connectivity index (χ1n) is 5.17. The van der Waals surface area contributed by atoms with Gasteiger partial charge in [0.1, 0.15) is 0 Å². The standard InChI is InChI=1S/C11H17NO3S/c1-3-8-12-16(13,14)11-6-4-10(5-7-11)9-15-2/h4-7,12H,3,8-9H2,1-2H3. The Morgan fingerprint density at radius 1 is 1.25 bits per heavy atom. The molecule has 0 amide bonds. The van der Waals surface area contributed by atoms with Gasteiger partial charge in [0.2, 0.25) is 10.0 Å². The van der Waals surface area contributed by atoms with E-state index in [-0.39, 0.29) is 0 Å². The van der Waals surface area contributed by atoms with Crippen LogP contribution >= 0.6 is 0 Å². The van der Waals surface area contributed by atoms with Gasteiger partial charge in [-0.2, -0.15) is 0 Å². The van der Waals surface area contributed by atoms with Crippen molar-refractivity contribution in [1.29, 1.82) is 0 Å². The smallest absolute Gasteiger partial charge is 0.240 e. The van der Waals surface area contributed by atoms with E-state index >= 15 is 0 Å². The van der Waals surface area contributed by atoms with Crippen LogP contribution in [0, 0.1) is 0 Å². The highest BCUT2D eigenvalue weighted by Crippen LogP contribution is 2.10. The quantitative estimate of drug-likeness (QED) is 0.824. The summed E-state index contributed by atoms with van der Waals surface area (Å²) in [6.07, 6.45) is 0.779. The lowest BCUT2D eigenvalue weighted by Gasteiger charge is -2.06. The van der Waals surface area contributed by atoms with Gasteiger partial charge >= 0.3 is 0 Å². The Kier molecular flexibility index (Phi) is 4.92. The van der Waals surface area contributed by atoms with E-state index in [1.807, 2.05) is 6.92 Å². The molecule has 0 saturated carbocycles. The van der Waals surface area contributed by atoms with Gasteiger partial charge in [0.05, 0.1) is 11.5 Å². The molecule has 0 heterocycles. The average Bonchev–Trinajstić information content (AvgIpc) is 2.28. The van der Waals surface area contributed by atoms with E-state index < -0.39 is 10.0 Å². The van der Waals surface area contributed by atoms with Crippen LogP contribution in [0.15, 0.2) is 29.2 Å². The third-order valence-electron chi connectivity index (χ3n) is 2.09. The molecule has 4 nitrogen and oxygen atoms in total. The Labute approximate surface area is 96.7 Å². The van der Waals surface area contributed by atoms with Gasteiger partial charge in [0.15, 0.2) is 0 Å². The molecule has 5 heteroatoms. The lowest BCUT2D eigenvalue weighted by molar-refractivity contribution is 0.185. The summed E-state index contributed by atoms with van der Waals surface area (Å²) in [7, 11) is -1.74. The van der Waals surface area contributed by atoms with Gasteiger partial charge in [0.25, 0.3) is 0 Å². The van der Waals surface area contributed by atoms with Crippen LogP contribution in [0.25, 0.3) is 0 Å². The van der Waals surface area contributed by atoms with E-state index in [2.05, 4.69) is 4.72 Å². The van der Waals surface area contributed by atoms with Gasteiger partial charge in [-0.1, -0.05) is 19.1 Å². The number of hydrogen-bond acceptors (Lipinski definition) is 3. The van der Waals surface area contributed by atoms with E-state index in [4.69, 9.17) is 4.74 Å². The minimum Gasteiger partial charge on any atom is -0.380 e. The van der Waals surface area contributed by atoms with Gasteiger partial charge in [0, 0.05) is 13.7 Å². The molecule has 16 heavy (non-hydrogen) atoms. The summed E-state index contributed by atoms with van der Waals surface area (Å²) in [6, 6.07) is 6.69. The van der Waals surface area contributed by atoms with Crippen molar-refractivity contribution >= 4 is 10.0 Å². The third-order valence-corrected chi connectivity index (χ3v) is 3.56. The van der Waals surface area contributed by atoms with Gasteiger partial charge in [-0.3, -0.25) is 0 Å². The zero-order valence-electron chi connectivity index (χ0n) is 9.56. The lowest BCUT2D eigenvalue weighted by atomic mass is 10.2. The van der Waals surface area contributed by atoms with Crippen LogP contribution < -0.4 is 4.72 Å². The Hall–Kier alpha value is -0.910. The molecule has 0 fully saturated rings. The molecule has 0 bridgehead atoms. The van der Waals surface area contributed by atoms with E-state index in [1.54, 1.807) is 31.4 Å². The summed E-state index contributed by atoms with van der Waals surface area (Å²) in [4.78, 5) is 0.292. The highest BCUT2D eigenvalue weighted by Gasteiger charge is 2.12. The second-order valence-electron chi connectivity index (χ2n) is 3.47. The Morgan fingerprint density at radius 2 is 1.88 bits per heavy atom. The summed E-state index contributed by atoms with van der Waals surface area (Å²) < 4.78 is 30.9. The molecule has 0 radical (unpaired) electrons. The molecule has 0 aromatic heterocycles. The number of rotatable bonds is 6. The summed E-state index contributed by atoms with van der Waals surface area (Å²) in [5.41, 5.74) is 0.956. The lowest BCUT2D eigenvalue weighted by Crippen LogP contribution is -2.24. The van der Waals surface area contributed by atoms with Crippen LogP contribution in [0.4, 0.5) is 0 Å². The molecule has 0 spiro atoms. The summed E-state index contributed by atoms with van der Waals surface area (Å²) >= 11 is 0. The fourth-order valence-electron chi connectivity index (χ4n) is 1.25. The van der Waals surface area contributed by atoms with E-state index in [0.29, 0.717) is 18.0 Å². The number of ether oxygens (including phenoxy) is 1. The van der Waals surface area contributed by atoms with Crippen molar-refractivity contribution in [3.8, 4) is 0 Å². The molecule has 1 N–H and O–H groups in total. The normalized spacial score (nSPS) is 11.6. The molecule has 0 aliphatic carbocycles. The van der Waals surface area contributed by atoms with Gasteiger partial charge in [-0.25, -0.2) is 13.1 Å². The number of methoxy groups -OCH3 is 1. The van der Waals surface area contributed by atoms with E-state index in [9.17, 15) is 8.42 Å². The highest BCUT2D eigenvalue weighted by atomic mass is 32.2. The van der Waals surface area contributed by atoms with Crippen molar-refractivity contribution in [2.45, 2.75) is 24.8 Å².